The minimum Gasteiger partial charge on any atom is -0.463 e. The first kappa shape index (κ1) is 16.9. The van der Waals surface area contributed by atoms with Crippen molar-refractivity contribution in [3.8, 4) is 0 Å². The molecular formula is C16H18F2N2O3. The second kappa shape index (κ2) is 6.36. The second-order valence-electron chi connectivity index (χ2n) is 5.24. The maximum atomic E-state index is 14.2. The normalized spacial score (nSPS) is 18.5. The second-order valence-corrected chi connectivity index (χ2v) is 5.24. The molecule has 0 aromatic heterocycles. The molecule has 1 atom stereocenters. The number of esters is 1. The van der Waals surface area contributed by atoms with E-state index in [9.17, 15) is 18.4 Å². The Morgan fingerprint density at radius 1 is 1.30 bits per heavy atom. The highest BCUT2D eigenvalue weighted by Gasteiger charge is 2.40. The van der Waals surface area contributed by atoms with Gasteiger partial charge in [0.1, 0.15) is 11.6 Å². The predicted octanol–water partition coefficient (Wildman–Crippen LogP) is 2.84. The monoisotopic (exact) mass is 324 g/mol. The number of carbonyl (C=O) groups excluding carboxylic acids is 2. The average molecular weight is 324 g/mol. The number of allylic oxidation sites excluding steroid dienone is 1. The van der Waals surface area contributed by atoms with Gasteiger partial charge in [-0.1, -0.05) is 6.07 Å². The molecule has 5 nitrogen and oxygen atoms in total. The van der Waals surface area contributed by atoms with Crippen molar-refractivity contribution >= 4 is 12.0 Å². The Bertz CT molecular complexity index is 688. The summed E-state index contributed by atoms with van der Waals surface area (Å²) >= 11 is 0. The number of urea groups is 1. The summed E-state index contributed by atoms with van der Waals surface area (Å²) in [6.07, 6.45) is 0. The summed E-state index contributed by atoms with van der Waals surface area (Å²) in [5, 5.41) is 0. The Balaban J connectivity index is 2.64. The minimum absolute atomic E-state index is 0.0396. The van der Waals surface area contributed by atoms with Crippen LogP contribution in [0.2, 0.25) is 0 Å². The molecule has 124 valence electrons. The first-order valence-electron chi connectivity index (χ1n) is 7.12. The Morgan fingerprint density at radius 3 is 2.52 bits per heavy atom. The fourth-order valence-corrected chi connectivity index (χ4v) is 2.62. The van der Waals surface area contributed by atoms with Crippen LogP contribution in [0.25, 0.3) is 0 Å². The largest absolute Gasteiger partial charge is 0.463 e. The number of carbonyl (C=O) groups is 2. The fourth-order valence-electron chi connectivity index (χ4n) is 2.62. The van der Waals surface area contributed by atoms with Crippen molar-refractivity contribution in [2.75, 3.05) is 20.7 Å². The number of amides is 2. The highest BCUT2D eigenvalue weighted by Crippen LogP contribution is 2.37. The molecule has 0 spiro atoms. The van der Waals surface area contributed by atoms with Crippen LogP contribution in [0, 0.1) is 11.6 Å². The van der Waals surface area contributed by atoms with E-state index in [1.807, 2.05) is 0 Å². The Kier molecular flexibility index (Phi) is 4.68. The van der Waals surface area contributed by atoms with E-state index >= 15 is 0 Å². The lowest BCUT2D eigenvalue weighted by molar-refractivity contribution is -0.139. The van der Waals surface area contributed by atoms with E-state index in [2.05, 4.69) is 0 Å². The molecule has 23 heavy (non-hydrogen) atoms. The summed E-state index contributed by atoms with van der Waals surface area (Å²) in [5.74, 6) is -2.19. The van der Waals surface area contributed by atoms with Crippen LogP contribution >= 0.6 is 0 Å². The molecule has 0 fully saturated rings. The van der Waals surface area contributed by atoms with Gasteiger partial charge in [0.25, 0.3) is 0 Å². The molecule has 0 unspecified atom stereocenters. The van der Waals surface area contributed by atoms with Crippen LogP contribution < -0.4 is 0 Å². The predicted molar refractivity (Wildman–Crippen MR) is 79.4 cm³/mol. The van der Waals surface area contributed by atoms with E-state index in [4.69, 9.17) is 4.74 Å². The Labute approximate surface area is 133 Å². The Hall–Kier alpha value is -2.44. The summed E-state index contributed by atoms with van der Waals surface area (Å²) < 4.78 is 32.4. The van der Waals surface area contributed by atoms with Crippen LogP contribution in [-0.2, 0) is 9.53 Å². The highest BCUT2D eigenvalue weighted by atomic mass is 19.1. The van der Waals surface area contributed by atoms with Crippen molar-refractivity contribution in [1.29, 1.82) is 0 Å². The fraction of sp³-hybridized carbons (Fsp3) is 0.375. The molecule has 2 amide bonds. The molecule has 0 N–H and O–H groups in total. The van der Waals surface area contributed by atoms with Gasteiger partial charge in [0.15, 0.2) is 0 Å². The van der Waals surface area contributed by atoms with Crippen molar-refractivity contribution in [3.05, 3.63) is 46.7 Å². The maximum Gasteiger partial charge on any atom is 0.338 e. The van der Waals surface area contributed by atoms with E-state index in [1.165, 1.54) is 30.0 Å². The number of halogens is 2. The highest BCUT2D eigenvalue weighted by molar-refractivity contribution is 5.94. The molecule has 7 heteroatoms. The average Bonchev–Trinajstić information content (AvgIpc) is 2.49. The third kappa shape index (κ3) is 2.91. The van der Waals surface area contributed by atoms with E-state index in [0.29, 0.717) is 5.70 Å². The standard InChI is InChI=1S/C16H18F2N2O3/c1-5-23-15(21)13-9(2)19(3)16(22)20(4)14(13)11-7-6-10(17)8-12(11)18/h6-8,14H,5H2,1-4H3/t14-/m0/s1. The van der Waals surface area contributed by atoms with Gasteiger partial charge in [-0.2, -0.15) is 0 Å². The van der Waals surface area contributed by atoms with Crippen LogP contribution in [0.4, 0.5) is 13.6 Å². The number of nitrogens with zero attached hydrogens (tertiary/aromatic N) is 2. The van der Waals surface area contributed by atoms with Crippen LogP contribution in [0.1, 0.15) is 25.5 Å². The van der Waals surface area contributed by atoms with Crippen LogP contribution in [0.5, 0.6) is 0 Å². The molecule has 0 saturated carbocycles. The van der Waals surface area contributed by atoms with Gasteiger partial charge >= 0.3 is 12.0 Å². The summed E-state index contributed by atoms with van der Waals surface area (Å²) in [4.78, 5) is 27.1. The van der Waals surface area contributed by atoms with Gasteiger partial charge in [-0.25, -0.2) is 18.4 Å². The molecule has 0 aliphatic carbocycles. The number of benzene rings is 1. The lowest BCUT2D eigenvalue weighted by Crippen LogP contribution is -2.47. The van der Waals surface area contributed by atoms with Crippen molar-refractivity contribution in [2.24, 2.45) is 0 Å². The maximum absolute atomic E-state index is 14.2. The quantitative estimate of drug-likeness (QED) is 0.803. The molecule has 1 aliphatic heterocycles. The van der Waals surface area contributed by atoms with Gasteiger partial charge in [0.2, 0.25) is 0 Å². The molecule has 0 bridgehead atoms. The first-order valence-corrected chi connectivity index (χ1v) is 7.12. The van der Waals surface area contributed by atoms with Crippen LogP contribution in [0.15, 0.2) is 29.5 Å². The van der Waals surface area contributed by atoms with Crippen LogP contribution in [-0.4, -0.2) is 42.5 Å². The van der Waals surface area contributed by atoms with Gasteiger partial charge in [0, 0.05) is 31.4 Å². The van der Waals surface area contributed by atoms with Gasteiger partial charge in [-0.05, 0) is 19.9 Å². The topological polar surface area (TPSA) is 49.9 Å². The number of ether oxygens (including phenoxy) is 1. The van der Waals surface area contributed by atoms with Crippen LogP contribution in [0.3, 0.4) is 0 Å². The molecule has 0 saturated heterocycles. The zero-order chi connectivity index (χ0) is 17.3. The molecule has 1 aliphatic rings. The summed E-state index contributed by atoms with van der Waals surface area (Å²) in [7, 11) is 2.97. The van der Waals surface area contributed by atoms with Gasteiger partial charge in [-0.15, -0.1) is 0 Å². The Morgan fingerprint density at radius 2 is 1.96 bits per heavy atom. The SMILES string of the molecule is CCOC(=O)C1=C(C)N(C)C(=O)N(C)[C@H]1c1ccc(F)cc1F. The van der Waals surface area contributed by atoms with E-state index < -0.39 is 29.7 Å². The number of rotatable bonds is 3. The molecule has 0 radical (unpaired) electrons. The summed E-state index contributed by atoms with van der Waals surface area (Å²) in [5.41, 5.74) is 0.569. The van der Waals surface area contributed by atoms with Gasteiger partial charge in [-0.3, -0.25) is 0 Å². The molecular weight excluding hydrogens is 306 g/mol. The lowest BCUT2D eigenvalue weighted by Gasteiger charge is -2.39. The minimum atomic E-state index is -0.974. The van der Waals surface area contributed by atoms with Crippen molar-refractivity contribution in [2.45, 2.75) is 19.9 Å². The van der Waals surface area contributed by atoms with Gasteiger partial charge < -0.3 is 14.5 Å². The molecule has 1 aromatic rings. The zero-order valence-electron chi connectivity index (χ0n) is 13.4. The zero-order valence-corrected chi connectivity index (χ0v) is 13.4. The third-order valence-corrected chi connectivity index (χ3v) is 3.89. The summed E-state index contributed by atoms with van der Waals surface area (Å²) in [6, 6.07) is 1.68. The van der Waals surface area contributed by atoms with Crippen molar-refractivity contribution in [1.82, 2.24) is 9.80 Å². The first-order chi connectivity index (χ1) is 10.8. The van der Waals surface area contributed by atoms with Crippen molar-refractivity contribution in [3.63, 3.8) is 0 Å². The lowest BCUT2D eigenvalue weighted by atomic mass is 9.93. The van der Waals surface area contributed by atoms with E-state index in [-0.39, 0.29) is 17.7 Å². The summed E-state index contributed by atoms with van der Waals surface area (Å²) in [6.45, 7) is 3.39. The van der Waals surface area contributed by atoms with Crippen molar-refractivity contribution < 1.29 is 23.1 Å². The number of hydrogen-bond acceptors (Lipinski definition) is 3. The number of likely N-dealkylation sites (N-methyl/N-ethyl adjacent to an activating group) is 1. The number of hydrogen-bond donors (Lipinski definition) is 0. The third-order valence-electron chi connectivity index (χ3n) is 3.89. The molecule has 1 aromatic carbocycles. The van der Waals surface area contributed by atoms with E-state index in [1.54, 1.807) is 13.8 Å². The van der Waals surface area contributed by atoms with E-state index in [0.717, 1.165) is 12.1 Å². The smallest absolute Gasteiger partial charge is 0.338 e. The van der Waals surface area contributed by atoms with Gasteiger partial charge in [0.05, 0.1) is 18.2 Å². The molecule has 1 heterocycles. The molecule has 2 rings (SSSR count).